The van der Waals surface area contributed by atoms with Gasteiger partial charge in [0.25, 0.3) is 11.8 Å². The molecule has 224 valence electrons. The van der Waals surface area contributed by atoms with E-state index in [-0.39, 0.29) is 18.5 Å². The van der Waals surface area contributed by atoms with E-state index in [4.69, 9.17) is 10.4 Å². The molecule has 1 aromatic heterocycles. The number of nitrogens with one attached hydrogen (secondary N) is 2. The fourth-order valence-electron chi connectivity index (χ4n) is 5.44. The lowest BCUT2D eigenvalue weighted by atomic mass is 9.81. The van der Waals surface area contributed by atoms with E-state index in [1.807, 2.05) is 30.3 Å². The van der Waals surface area contributed by atoms with Crippen molar-refractivity contribution in [2.24, 2.45) is 0 Å². The summed E-state index contributed by atoms with van der Waals surface area (Å²) < 4.78 is 41.9. The van der Waals surface area contributed by atoms with Crippen LogP contribution in [0.4, 0.5) is 24.7 Å². The highest BCUT2D eigenvalue weighted by Crippen LogP contribution is 2.44. The monoisotopic (exact) mass is 600 g/mol. The first-order valence-corrected chi connectivity index (χ1v) is 13.7. The van der Waals surface area contributed by atoms with Gasteiger partial charge < -0.3 is 10.6 Å². The predicted molar refractivity (Wildman–Crippen MR) is 156 cm³/mol. The molecule has 2 atom stereocenters. The van der Waals surface area contributed by atoms with E-state index in [1.165, 1.54) is 11.0 Å². The number of likely N-dealkylation sites (N-methyl/N-ethyl adjacent to an activating group) is 1. The second kappa shape index (κ2) is 12.0. The molecule has 0 saturated carbocycles. The van der Waals surface area contributed by atoms with Crippen molar-refractivity contribution in [1.29, 1.82) is 5.26 Å². The first-order chi connectivity index (χ1) is 21.0. The van der Waals surface area contributed by atoms with E-state index in [2.05, 4.69) is 10.6 Å². The van der Waals surface area contributed by atoms with E-state index < -0.39 is 41.4 Å². The fraction of sp³-hybridized carbons (Fsp3) is 0.219. The number of alkyl halides is 3. The predicted octanol–water partition coefficient (Wildman–Crippen LogP) is 5.35. The molecule has 5 rings (SSSR count). The number of aromatic nitrogens is 2. The van der Waals surface area contributed by atoms with Gasteiger partial charge in [-0.3, -0.25) is 19.3 Å². The van der Waals surface area contributed by atoms with Crippen molar-refractivity contribution in [3.63, 3.8) is 0 Å². The highest BCUT2D eigenvalue weighted by atomic mass is 19.4. The summed E-state index contributed by atoms with van der Waals surface area (Å²) in [6.07, 6.45) is -5.02. The number of hydrogen-bond acceptors (Lipinski definition) is 5. The Morgan fingerprint density at radius 1 is 1.02 bits per heavy atom. The molecular formula is C32H27F3N6O3. The standard InChI is InChI=1S/C32H27F3N6O3/c1-3-40-30-26(19(2)39-41(30)24-13-5-4-6-14-24)27(20-9-8-12-23(18-20)37-25(42)15-16-36)28(31(40)44)38-29(43)21-10-7-11-22(17-21)32(33,34)35/h4-14,17-18,27-28H,3,15H2,1-2H3,(H,37,42)(H,38,43)/t27-,28+/m1/s1. The molecule has 9 nitrogen and oxygen atoms in total. The van der Waals surface area contributed by atoms with Crippen molar-refractivity contribution < 1.29 is 27.6 Å². The van der Waals surface area contributed by atoms with E-state index in [0.29, 0.717) is 34.0 Å². The average molecular weight is 601 g/mol. The summed E-state index contributed by atoms with van der Waals surface area (Å²) in [5, 5.41) is 19.0. The van der Waals surface area contributed by atoms with Crippen molar-refractivity contribution >= 4 is 29.2 Å². The molecule has 3 amide bonds. The molecule has 0 unspecified atom stereocenters. The summed E-state index contributed by atoms with van der Waals surface area (Å²) in [5.74, 6) is -2.20. The third kappa shape index (κ3) is 5.76. The largest absolute Gasteiger partial charge is 0.416 e. The van der Waals surface area contributed by atoms with E-state index in [0.717, 1.165) is 18.2 Å². The highest BCUT2D eigenvalue weighted by molar-refractivity contribution is 6.05. The Labute approximate surface area is 250 Å². The number of halogens is 3. The van der Waals surface area contributed by atoms with Crippen LogP contribution in [0.5, 0.6) is 0 Å². The first-order valence-electron chi connectivity index (χ1n) is 13.7. The molecule has 0 fully saturated rings. The van der Waals surface area contributed by atoms with Crippen molar-refractivity contribution in [3.05, 3.63) is 107 Å². The molecule has 1 aliphatic heterocycles. The number of fused-ring (bicyclic) bond motifs is 1. The molecule has 1 aliphatic rings. The summed E-state index contributed by atoms with van der Waals surface area (Å²) in [4.78, 5) is 41.3. The zero-order valence-electron chi connectivity index (χ0n) is 23.7. The van der Waals surface area contributed by atoms with Crippen LogP contribution in [0.1, 0.15) is 52.0 Å². The van der Waals surface area contributed by atoms with Gasteiger partial charge in [0.1, 0.15) is 18.3 Å². The summed E-state index contributed by atoms with van der Waals surface area (Å²) in [6.45, 7) is 3.77. The lowest BCUT2D eigenvalue weighted by molar-refractivity contribution is -0.137. The molecular weight excluding hydrogens is 573 g/mol. The number of benzene rings is 3. The maximum atomic E-state index is 14.2. The number of nitriles is 1. The lowest BCUT2D eigenvalue weighted by Crippen LogP contribution is -2.55. The van der Waals surface area contributed by atoms with Gasteiger partial charge >= 0.3 is 6.18 Å². The Balaban J connectivity index is 1.66. The summed E-state index contributed by atoms with van der Waals surface area (Å²) >= 11 is 0. The van der Waals surface area contributed by atoms with Gasteiger partial charge in [-0.15, -0.1) is 0 Å². The van der Waals surface area contributed by atoms with Gasteiger partial charge in [0.15, 0.2) is 0 Å². The molecule has 2 N–H and O–H groups in total. The third-order valence-electron chi connectivity index (χ3n) is 7.34. The summed E-state index contributed by atoms with van der Waals surface area (Å²) in [7, 11) is 0. The van der Waals surface area contributed by atoms with Crippen molar-refractivity contribution in [1.82, 2.24) is 15.1 Å². The number of nitrogens with zero attached hydrogens (tertiary/aromatic N) is 4. The minimum atomic E-state index is -4.66. The van der Waals surface area contributed by atoms with Crippen LogP contribution < -0.4 is 15.5 Å². The minimum Gasteiger partial charge on any atom is -0.339 e. The van der Waals surface area contributed by atoms with Crippen LogP contribution in [0.2, 0.25) is 0 Å². The topological polar surface area (TPSA) is 120 Å². The van der Waals surface area contributed by atoms with Gasteiger partial charge in [-0.2, -0.15) is 23.5 Å². The average Bonchev–Trinajstić information content (AvgIpc) is 3.34. The van der Waals surface area contributed by atoms with Crippen LogP contribution in [0.25, 0.3) is 5.69 Å². The smallest absolute Gasteiger partial charge is 0.339 e. The van der Waals surface area contributed by atoms with E-state index in [9.17, 15) is 27.6 Å². The van der Waals surface area contributed by atoms with Gasteiger partial charge in [-0.25, -0.2) is 4.68 Å². The Morgan fingerprint density at radius 3 is 2.43 bits per heavy atom. The zero-order valence-corrected chi connectivity index (χ0v) is 23.7. The van der Waals surface area contributed by atoms with Crippen LogP contribution in [-0.2, 0) is 15.8 Å². The van der Waals surface area contributed by atoms with Gasteiger partial charge in [0.2, 0.25) is 5.91 Å². The van der Waals surface area contributed by atoms with Crippen LogP contribution in [0.3, 0.4) is 0 Å². The number of hydrogen-bond donors (Lipinski definition) is 2. The minimum absolute atomic E-state index is 0.219. The molecule has 4 aromatic rings. The van der Waals surface area contributed by atoms with Gasteiger partial charge in [-0.05, 0) is 61.9 Å². The molecule has 0 bridgehead atoms. The van der Waals surface area contributed by atoms with Crippen molar-refractivity contribution in [2.45, 2.75) is 38.4 Å². The molecule has 0 saturated heterocycles. The molecule has 12 heteroatoms. The number of aryl methyl sites for hydroxylation is 1. The van der Waals surface area contributed by atoms with Crippen LogP contribution in [0, 0.1) is 18.3 Å². The zero-order chi connectivity index (χ0) is 31.6. The maximum Gasteiger partial charge on any atom is 0.416 e. The normalized spacial score (nSPS) is 16.2. The number of rotatable bonds is 7. The summed E-state index contributed by atoms with van der Waals surface area (Å²) in [5.41, 5.74) is 1.55. The van der Waals surface area contributed by atoms with Crippen molar-refractivity contribution in [2.75, 3.05) is 16.8 Å². The number of carbonyl (C=O) groups excluding carboxylic acids is 3. The Kier molecular flexibility index (Phi) is 8.22. The quantitative estimate of drug-likeness (QED) is 0.297. The molecule has 0 spiro atoms. The Bertz CT molecular complexity index is 1780. The molecule has 0 radical (unpaired) electrons. The molecule has 44 heavy (non-hydrogen) atoms. The SMILES string of the molecule is CCN1C(=O)[C@@H](NC(=O)c2cccc(C(F)(F)F)c2)[C@H](c2cccc(NC(=O)CC#N)c2)c2c(C)nn(-c3ccccc3)c21. The van der Waals surface area contributed by atoms with Crippen LogP contribution in [-0.4, -0.2) is 40.1 Å². The fourth-order valence-corrected chi connectivity index (χ4v) is 5.44. The number of carbonyl (C=O) groups is 3. The van der Waals surface area contributed by atoms with Crippen LogP contribution >= 0.6 is 0 Å². The van der Waals surface area contributed by atoms with Gasteiger partial charge in [0, 0.05) is 29.3 Å². The van der Waals surface area contributed by atoms with E-state index >= 15 is 0 Å². The lowest BCUT2D eigenvalue weighted by Gasteiger charge is -2.38. The maximum absolute atomic E-state index is 14.2. The number of para-hydroxylation sites is 1. The van der Waals surface area contributed by atoms with Gasteiger partial charge in [0.05, 0.1) is 23.0 Å². The van der Waals surface area contributed by atoms with Gasteiger partial charge in [-0.1, -0.05) is 36.4 Å². The number of anilines is 2. The second-order valence-electron chi connectivity index (χ2n) is 10.2. The number of amides is 3. The Hall–Kier alpha value is -5.44. The highest BCUT2D eigenvalue weighted by Gasteiger charge is 2.45. The molecule has 0 aliphatic carbocycles. The van der Waals surface area contributed by atoms with Crippen molar-refractivity contribution in [3.8, 4) is 11.8 Å². The third-order valence-corrected chi connectivity index (χ3v) is 7.34. The first kappa shape index (κ1) is 30.0. The summed E-state index contributed by atoms with van der Waals surface area (Å²) in [6, 6.07) is 20.4. The molecule has 3 aromatic carbocycles. The van der Waals surface area contributed by atoms with Crippen LogP contribution in [0.15, 0.2) is 78.9 Å². The van der Waals surface area contributed by atoms with E-state index in [1.54, 1.807) is 48.9 Å². The Morgan fingerprint density at radius 2 is 1.75 bits per heavy atom. The molecule has 2 heterocycles. The second-order valence-corrected chi connectivity index (χ2v) is 10.2.